The number of hydrogen-bond acceptors (Lipinski definition) is 3. The number of nitrogens with zero attached hydrogens (tertiary/aromatic N) is 1. The van der Waals surface area contributed by atoms with E-state index in [0.29, 0.717) is 11.4 Å². The van der Waals surface area contributed by atoms with Gasteiger partial charge in [0, 0.05) is 5.69 Å². The van der Waals surface area contributed by atoms with Gasteiger partial charge in [-0.25, -0.2) is 0 Å². The van der Waals surface area contributed by atoms with E-state index in [-0.39, 0.29) is 17.9 Å². The number of benzene rings is 2. The molecule has 0 heterocycles. The van der Waals surface area contributed by atoms with E-state index in [0.717, 1.165) is 36.8 Å². The number of nitriles is 1. The molecule has 1 aliphatic rings. The molecule has 0 aromatic heterocycles. The molecule has 0 saturated heterocycles. The van der Waals surface area contributed by atoms with Crippen LogP contribution in [0.3, 0.4) is 0 Å². The lowest BCUT2D eigenvalue weighted by Gasteiger charge is -2.21. The van der Waals surface area contributed by atoms with Gasteiger partial charge in [-0.05, 0) is 67.6 Å². The highest BCUT2D eigenvalue weighted by molar-refractivity contribution is 5.91. The molecule has 26 heavy (non-hydrogen) atoms. The van der Waals surface area contributed by atoms with Gasteiger partial charge in [0.2, 0.25) is 0 Å². The summed E-state index contributed by atoms with van der Waals surface area (Å²) in [5, 5.41) is 12.4. The van der Waals surface area contributed by atoms with E-state index in [9.17, 15) is 10.1 Å². The Hall–Kier alpha value is -2.80. The van der Waals surface area contributed by atoms with Gasteiger partial charge in [-0.1, -0.05) is 31.0 Å². The Kier molecular flexibility index (Phi) is 5.27. The van der Waals surface area contributed by atoms with Crippen LogP contribution in [0.15, 0.2) is 42.5 Å². The Morgan fingerprint density at radius 2 is 1.81 bits per heavy atom. The van der Waals surface area contributed by atoms with Gasteiger partial charge in [-0.2, -0.15) is 5.26 Å². The van der Waals surface area contributed by atoms with Crippen molar-refractivity contribution in [3.05, 3.63) is 59.2 Å². The van der Waals surface area contributed by atoms with Crippen molar-refractivity contribution in [3.8, 4) is 11.8 Å². The number of rotatable bonds is 5. The molecule has 0 unspecified atom stereocenters. The van der Waals surface area contributed by atoms with Crippen LogP contribution < -0.4 is 10.1 Å². The van der Waals surface area contributed by atoms with Crippen LogP contribution in [0.5, 0.6) is 5.75 Å². The Balaban J connectivity index is 1.57. The normalized spacial score (nSPS) is 15.3. The van der Waals surface area contributed by atoms with Crippen molar-refractivity contribution >= 4 is 11.6 Å². The number of ether oxygens (including phenoxy) is 1. The molecule has 1 saturated carbocycles. The predicted octanol–water partition coefficient (Wildman–Crippen LogP) is 4.66. The summed E-state index contributed by atoms with van der Waals surface area (Å²) in [7, 11) is 0. The first kappa shape index (κ1) is 18.0. The van der Waals surface area contributed by atoms with E-state index in [4.69, 9.17) is 4.74 Å². The number of carbonyl (C=O) groups is 1. The van der Waals surface area contributed by atoms with Gasteiger partial charge in [0.15, 0.2) is 6.61 Å². The van der Waals surface area contributed by atoms with Gasteiger partial charge in [0.25, 0.3) is 5.91 Å². The van der Waals surface area contributed by atoms with Crippen LogP contribution in [0.4, 0.5) is 5.69 Å². The Bertz CT molecular complexity index is 828. The molecular weight excluding hydrogens is 324 g/mol. The number of aryl methyl sites for hydroxylation is 2. The molecule has 1 aliphatic carbocycles. The zero-order valence-corrected chi connectivity index (χ0v) is 15.3. The van der Waals surface area contributed by atoms with Crippen molar-refractivity contribution in [2.45, 2.75) is 44.9 Å². The molecule has 1 fully saturated rings. The topological polar surface area (TPSA) is 62.1 Å². The van der Waals surface area contributed by atoms with Gasteiger partial charge < -0.3 is 10.1 Å². The molecule has 0 aliphatic heterocycles. The van der Waals surface area contributed by atoms with Crippen LogP contribution in [0.2, 0.25) is 0 Å². The fraction of sp³-hybridized carbons (Fsp3) is 0.364. The lowest BCUT2D eigenvalue weighted by Crippen LogP contribution is -2.21. The molecule has 0 atom stereocenters. The number of amides is 1. The van der Waals surface area contributed by atoms with Crippen molar-refractivity contribution in [1.29, 1.82) is 5.26 Å². The molecule has 2 aromatic rings. The zero-order chi connectivity index (χ0) is 18.6. The third-order valence-electron chi connectivity index (χ3n) is 5.24. The van der Waals surface area contributed by atoms with Gasteiger partial charge in [0.1, 0.15) is 5.75 Å². The second-order valence-electron chi connectivity index (χ2n) is 7.06. The second kappa shape index (κ2) is 7.61. The van der Waals surface area contributed by atoms with Crippen molar-refractivity contribution in [2.24, 2.45) is 0 Å². The Labute approximate surface area is 154 Å². The summed E-state index contributed by atoms with van der Waals surface area (Å²) in [6.45, 7) is 4.02. The highest BCUT2D eigenvalue weighted by Gasteiger charge is 2.35. The third kappa shape index (κ3) is 3.88. The summed E-state index contributed by atoms with van der Waals surface area (Å²) in [5.74, 6) is 0.489. The highest BCUT2D eigenvalue weighted by Crippen LogP contribution is 2.40. The summed E-state index contributed by atoms with van der Waals surface area (Å²) < 4.78 is 5.56. The molecule has 3 rings (SSSR count). The van der Waals surface area contributed by atoms with Crippen LogP contribution in [0, 0.1) is 25.2 Å². The summed E-state index contributed by atoms with van der Waals surface area (Å²) in [6.07, 6.45) is 4.03. The van der Waals surface area contributed by atoms with Gasteiger partial charge >= 0.3 is 0 Å². The molecule has 2 aromatic carbocycles. The first-order valence-electron chi connectivity index (χ1n) is 9.04. The van der Waals surface area contributed by atoms with Gasteiger partial charge in [-0.15, -0.1) is 0 Å². The molecule has 4 heteroatoms. The van der Waals surface area contributed by atoms with Crippen LogP contribution in [0.1, 0.15) is 42.4 Å². The maximum absolute atomic E-state index is 12.1. The smallest absolute Gasteiger partial charge is 0.262 e. The van der Waals surface area contributed by atoms with Crippen LogP contribution in [0.25, 0.3) is 0 Å². The largest absolute Gasteiger partial charge is 0.484 e. The summed E-state index contributed by atoms with van der Waals surface area (Å²) in [6, 6.07) is 15.9. The van der Waals surface area contributed by atoms with Crippen molar-refractivity contribution in [2.75, 3.05) is 11.9 Å². The molecule has 1 N–H and O–H groups in total. The maximum atomic E-state index is 12.1. The highest BCUT2D eigenvalue weighted by atomic mass is 16.5. The van der Waals surface area contributed by atoms with Crippen molar-refractivity contribution < 1.29 is 9.53 Å². The SMILES string of the molecule is Cc1ccc(OCC(=O)Nc2ccc(C3(C#N)CCCC3)cc2)cc1C. The third-order valence-corrected chi connectivity index (χ3v) is 5.24. The van der Waals surface area contributed by atoms with Gasteiger partial charge in [-0.3, -0.25) is 4.79 Å². The molecule has 0 radical (unpaired) electrons. The van der Waals surface area contributed by atoms with Gasteiger partial charge in [0.05, 0.1) is 11.5 Å². The van der Waals surface area contributed by atoms with E-state index < -0.39 is 0 Å². The Morgan fingerprint density at radius 3 is 2.42 bits per heavy atom. The van der Waals surface area contributed by atoms with Crippen molar-refractivity contribution in [1.82, 2.24) is 0 Å². The summed E-state index contributed by atoms with van der Waals surface area (Å²) >= 11 is 0. The lowest BCUT2D eigenvalue weighted by atomic mass is 9.80. The van der Waals surface area contributed by atoms with E-state index in [1.54, 1.807) is 0 Å². The van der Waals surface area contributed by atoms with Crippen LogP contribution >= 0.6 is 0 Å². The van der Waals surface area contributed by atoms with E-state index in [1.165, 1.54) is 5.56 Å². The second-order valence-corrected chi connectivity index (χ2v) is 7.06. The average Bonchev–Trinajstić information content (AvgIpc) is 3.14. The number of anilines is 1. The number of nitrogens with one attached hydrogen (secondary N) is 1. The van der Waals surface area contributed by atoms with E-state index in [1.807, 2.05) is 56.3 Å². The molecule has 134 valence electrons. The summed E-state index contributed by atoms with van der Waals surface area (Å²) in [4.78, 5) is 12.1. The number of carbonyl (C=O) groups excluding carboxylic acids is 1. The van der Waals surface area contributed by atoms with Crippen LogP contribution in [-0.2, 0) is 10.2 Å². The first-order chi connectivity index (χ1) is 12.5. The minimum absolute atomic E-state index is 0.0353. The van der Waals surface area contributed by atoms with Crippen molar-refractivity contribution in [3.63, 3.8) is 0 Å². The fourth-order valence-corrected chi connectivity index (χ4v) is 3.47. The quantitative estimate of drug-likeness (QED) is 0.855. The van der Waals surface area contributed by atoms with Crippen LogP contribution in [-0.4, -0.2) is 12.5 Å². The summed E-state index contributed by atoms with van der Waals surface area (Å²) in [5.41, 5.74) is 3.74. The minimum atomic E-state index is -0.352. The standard InChI is InChI=1S/C22H24N2O2/c1-16-5-10-20(13-17(16)2)26-14-21(25)24-19-8-6-18(7-9-19)22(15-23)11-3-4-12-22/h5-10,13H,3-4,11-12,14H2,1-2H3,(H,24,25). The zero-order valence-electron chi connectivity index (χ0n) is 15.3. The average molecular weight is 348 g/mol. The minimum Gasteiger partial charge on any atom is -0.484 e. The first-order valence-corrected chi connectivity index (χ1v) is 9.04. The number of hydrogen-bond donors (Lipinski definition) is 1. The lowest BCUT2D eigenvalue weighted by molar-refractivity contribution is -0.118. The predicted molar refractivity (Wildman–Crippen MR) is 102 cm³/mol. The fourth-order valence-electron chi connectivity index (χ4n) is 3.47. The molecule has 0 spiro atoms. The maximum Gasteiger partial charge on any atom is 0.262 e. The van der Waals surface area contributed by atoms with E-state index >= 15 is 0 Å². The molecule has 0 bridgehead atoms. The Morgan fingerprint density at radius 1 is 1.12 bits per heavy atom. The molecular formula is C22H24N2O2. The van der Waals surface area contributed by atoms with E-state index in [2.05, 4.69) is 11.4 Å². The molecule has 1 amide bonds. The monoisotopic (exact) mass is 348 g/mol. The molecule has 4 nitrogen and oxygen atoms in total.